The smallest absolute Gasteiger partial charge is 0.191 e. The lowest BCUT2D eigenvalue weighted by Crippen LogP contribution is -2.20. The van der Waals surface area contributed by atoms with Crippen LogP contribution < -0.4 is 10.6 Å². The second-order valence-electron chi connectivity index (χ2n) is 2.46. The van der Waals surface area contributed by atoms with E-state index in [1.807, 2.05) is 36.1 Å². The third-order valence-electron chi connectivity index (χ3n) is 1.42. The fourth-order valence-electron chi connectivity index (χ4n) is 0.805. The molecule has 0 aromatic heterocycles. The van der Waals surface area contributed by atoms with E-state index < -0.39 is 0 Å². The third kappa shape index (κ3) is 10.2. The van der Waals surface area contributed by atoms with Crippen LogP contribution in [0.1, 0.15) is 12.8 Å². The van der Waals surface area contributed by atoms with Gasteiger partial charge in [-0.1, -0.05) is 0 Å². The van der Waals surface area contributed by atoms with Gasteiger partial charge in [0, 0.05) is 0 Å². The van der Waals surface area contributed by atoms with Gasteiger partial charge in [-0.3, -0.25) is 0 Å². The molecule has 0 saturated heterocycles. The molecule has 0 rings (SSSR count). The summed E-state index contributed by atoms with van der Waals surface area (Å²) in [5.41, 5.74) is 0. The van der Waals surface area contributed by atoms with Crippen LogP contribution in [0.15, 0.2) is 12.3 Å². The van der Waals surface area contributed by atoms with E-state index in [0.717, 1.165) is 26.1 Å². The molecule has 0 spiro atoms. The summed E-state index contributed by atoms with van der Waals surface area (Å²) in [6, 6.07) is 0. The van der Waals surface area contributed by atoms with E-state index in [-0.39, 0.29) is 0 Å². The Labute approximate surface area is 88.6 Å². The van der Waals surface area contributed by atoms with E-state index in [2.05, 4.69) is 10.6 Å². The van der Waals surface area contributed by atoms with Crippen LogP contribution in [-0.4, -0.2) is 26.7 Å². The fraction of sp³-hybridized carbons (Fsp3) is 0.750. The number of rotatable bonds is 8. The van der Waals surface area contributed by atoms with Gasteiger partial charge in [0.1, 0.15) is 0 Å². The van der Waals surface area contributed by atoms with Crippen molar-refractivity contribution in [3.63, 3.8) is 0 Å². The number of hydrogen-bond acceptors (Lipinski definition) is 3. The van der Waals surface area contributed by atoms with Gasteiger partial charge in [0.05, 0.1) is 6.26 Å². The number of hydrogen-bond donors (Lipinski definition) is 2. The van der Waals surface area contributed by atoms with Crippen molar-refractivity contribution in [3.05, 3.63) is 12.3 Å². The van der Waals surface area contributed by atoms with Crippen LogP contribution in [0.2, 0.25) is 0 Å². The van der Waals surface area contributed by atoms with Crippen molar-refractivity contribution < 1.29 is 3.07 Å². The summed E-state index contributed by atoms with van der Waals surface area (Å²) in [4.78, 5) is 0. The van der Waals surface area contributed by atoms with Gasteiger partial charge in [-0.15, -0.1) is 0 Å². The van der Waals surface area contributed by atoms with E-state index in [0.29, 0.717) is 0 Å². The Morgan fingerprint density at radius 3 is 2.83 bits per heavy atom. The second kappa shape index (κ2) is 11.2. The zero-order valence-corrected chi connectivity index (χ0v) is 9.63. The Kier molecular flexibility index (Phi) is 11.4. The van der Waals surface area contributed by atoms with Crippen LogP contribution in [0.4, 0.5) is 0 Å². The normalized spacial score (nSPS) is 10.8. The molecular formula is C8H17IN2O. The first-order chi connectivity index (χ1) is 5.91. The highest BCUT2D eigenvalue weighted by molar-refractivity contribution is 14.1. The minimum Gasteiger partial charge on any atom is -0.436 e. The van der Waals surface area contributed by atoms with Gasteiger partial charge in [0.15, 0.2) is 23.0 Å². The highest BCUT2D eigenvalue weighted by atomic mass is 127. The summed E-state index contributed by atoms with van der Waals surface area (Å²) in [5.74, 6) is 0. The lowest BCUT2D eigenvalue weighted by atomic mass is 10.4. The Bertz CT molecular complexity index is 109. The van der Waals surface area contributed by atoms with Gasteiger partial charge in [-0.2, -0.15) is 0 Å². The molecule has 0 atom stereocenters. The molecule has 0 heterocycles. The van der Waals surface area contributed by atoms with Gasteiger partial charge in [-0.25, -0.2) is 0 Å². The highest BCUT2D eigenvalue weighted by Crippen LogP contribution is 1.88. The van der Waals surface area contributed by atoms with Crippen molar-refractivity contribution in [1.82, 2.24) is 10.6 Å². The molecule has 0 bridgehead atoms. The Balaban J connectivity index is 2.86. The molecule has 0 amide bonds. The zero-order chi connectivity index (χ0) is 9.07. The highest BCUT2D eigenvalue weighted by Gasteiger charge is 1.84. The average molecular weight is 284 g/mol. The van der Waals surface area contributed by atoms with Crippen molar-refractivity contribution in [3.8, 4) is 0 Å². The topological polar surface area (TPSA) is 33.3 Å². The van der Waals surface area contributed by atoms with Crippen molar-refractivity contribution in [2.24, 2.45) is 0 Å². The monoisotopic (exact) mass is 284 g/mol. The quantitative estimate of drug-likeness (QED) is 0.402. The average Bonchev–Trinajstić information content (AvgIpc) is 2.10. The largest absolute Gasteiger partial charge is 0.436 e. The summed E-state index contributed by atoms with van der Waals surface area (Å²) in [6.07, 6.45) is 5.93. The molecule has 0 aliphatic rings. The van der Waals surface area contributed by atoms with Crippen molar-refractivity contribution in [2.45, 2.75) is 12.8 Å². The third-order valence-corrected chi connectivity index (χ3v) is 1.71. The molecule has 72 valence electrons. The SMILES string of the molecule is CNCCCNCC/C=C/OI. The van der Waals surface area contributed by atoms with Crippen molar-refractivity contribution >= 4 is 23.0 Å². The standard InChI is InChI=1S/C8H17IN2O/c1-10-5-4-7-11-6-2-3-8-12-9/h3,8,10-11H,2,4-7H2,1H3/b8-3+. The molecule has 0 unspecified atom stereocenters. The molecule has 3 nitrogen and oxygen atoms in total. The van der Waals surface area contributed by atoms with E-state index in [9.17, 15) is 0 Å². The van der Waals surface area contributed by atoms with Gasteiger partial charge in [0.2, 0.25) is 0 Å². The summed E-state index contributed by atoms with van der Waals surface area (Å²) in [6.45, 7) is 3.19. The van der Waals surface area contributed by atoms with Crippen LogP contribution in [0.3, 0.4) is 0 Å². The molecular weight excluding hydrogens is 267 g/mol. The van der Waals surface area contributed by atoms with Gasteiger partial charge in [-0.05, 0) is 45.6 Å². The lowest BCUT2D eigenvalue weighted by Gasteiger charge is -2.01. The summed E-state index contributed by atoms with van der Waals surface area (Å²) in [7, 11) is 1.97. The fourth-order valence-corrected chi connectivity index (χ4v) is 1.01. The Morgan fingerprint density at radius 2 is 2.17 bits per heavy atom. The second-order valence-corrected chi connectivity index (χ2v) is 2.97. The van der Waals surface area contributed by atoms with Crippen molar-refractivity contribution in [2.75, 3.05) is 26.7 Å². The van der Waals surface area contributed by atoms with Crippen LogP contribution in [0, 0.1) is 0 Å². The van der Waals surface area contributed by atoms with Crippen LogP contribution >= 0.6 is 23.0 Å². The molecule has 0 aromatic carbocycles. The van der Waals surface area contributed by atoms with Crippen molar-refractivity contribution in [1.29, 1.82) is 0 Å². The minimum atomic E-state index is 1.03. The molecule has 12 heavy (non-hydrogen) atoms. The van der Waals surface area contributed by atoms with Gasteiger partial charge in [0.25, 0.3) is 0 Å². The molecule has 4 heteroatoms. The van der Waals surface area contributed by atoms with Gasteiger partial charge < -0.3 is 13.7 Å². The maximum Gasteiger partial charge on any atom is 0.191 e. The molecule has 0 fully saturated rings. The molecule has 0 aliphatic carbocycles. The molecule has 0 aliphatic heterocycles. The number of halogens is 1. The predicted molar refractivity (Wildman–Crippen MR) is 60.3 cm³/mol. The van der Waals surface area contributed by atoms with E-state index in [1.165, 1.54) is 6.42 Å². The van der Waals surface area contributed by atoms with Crippen LogP contribution in [0.25, 0.3) is 0 Å². The van der Waals surface area contributed by atoms with Crippen LogP contribution in [0.5, 0.6) is 0 Å². The molecule has 0 radical (unpaired) electrons. The first-order valence-corrected chi connectivity index (χ1v) is 5.07. The molecule has 2 N–H and O–H groups in total. The summed E-state index contributed by atoms with van der Waals surface area (Å²) < 4.78 is 4.74. The zero-order valence-electron chi connectivity index (χ0n) is 7.48. The maximum absolute atomic E-state index is 4.74. The summed E-state index contributed by atoms with van der Waals surface area (Å²) in [5, 5.41) is 6.43. The Hall–Kier alpha value is 0.190. The first kappa shape index (κ1) is 12.2. The first-order valence-electron chi connectivity index (χ1n) is 4.19. The number of nitrogens with one attached hydrogen (secondary N) is 2. The molecule has 0 saturated carbocycles. The van der Waals surface area contributed by atoms with Crippen LogP contribution in [-0.2, 0) is 3.07 Å². The van der Waals surface area contributed by atoms with E-state index in [4.69, 9.17) is 3.07 Å². The minimum absolute atomic E-state index is 1.03. The summed E-state index contributed by atoms with van der Waals surface area (Å²) >= 11 is 1.85. The predicted octanol–water partition coefficient (Wildman–Crippen LogP) is 1.46. The molecule has 0 aromatic rings. The maximum atomic E-state index is 4.74. The van der Waals surface area contributed by atoms with E-state index >= 15 is 0 Å². The Morgan fingerprint density at radius 1 is 1.33 bits per heavy atom. The van der Waals surface area contributed by atoms with E-state index in [1.54, 1.807) is 6.26 Å². The lowest BCUT2D eigenvalue weighted by molar-refractivity contribution is 0.612. The van der Waals surface area contributed by atoms with Gasteiger partial charge >= 0.3 is 0 Å².